The minimum atomic E-state index is -1.73. The van der Waals surface area contributed by atoms with Crippen LogP contribution in [0.4, 0.5) is 0 Å². The molecule has 0 aliphatic carbocycles. The van der Waals surface area contributed by atoms with Gasteiger partial charge in [-0.05, 0) is 16.8 Å². The van der Waals surface area contributed by atoms with Gasteiger partial charge in [0.1, 0.15) is 24.3 Å². The first-order valence-corrected chi connectivity index (χ1v) is 12.3. The number of carbonyl (C=O) groups is 3. The number of ether oxygens (including phenoxy) is 3. The molecule has 0 saturated carbocycles. The van der Waals surface area contributed by atoms with E-state index in [1.54, 1.807) is 30.3 Å². The molecule has 216 valence electrons. The summed E-state index contributed by atoms with van der Waals surface area (Å²) in [5, 5.41) is 45.9. The van der Waals surface area contributed by atoms with Gasteiger partial charge in [0, 0.05) is 19.4 Å². The van der Waals surface area contributed by atoms with Crippen molar-refractivity contribution in [2.75, 3.05) is 19.8 Å². The van der Waals surface area contributed by atoms with Gasteiger partial charge in [-0.1, -0.05) is 36.1 Å². The maximum Gasteiger partial charge on any atom is 0.373 e. The van der Waals surface area contributed by atoms with Gasteiger partial charge in [-0.2, -0.15) is 0 Å². The molecule has 1 heterocycles. The lowest BCUT2D eigenvalue weighted by atomic mass is 9.92. The molecule has 40 heavy (non-hydrogen) atoms. The normalized spacial score (nSPS) is 19.9. The van der Waals surface area contributed by atoms with Gasteiger partial charge >= 0.3 is 17.9 Å². The number of hydrogen-bond acceptors (Lipinski definition) is 10. The zero-order valence-electron chi connectivity index (χ0n) is 21.6. The van der Waals surface area contributed by atoms with E-state index in [4.69, 9.17) is 25.7 Å². The number of aliphatic hydroxyl groups excluding tert-OH is 3. The third-order valence-corrected chi connectivity index (χ3v) is 6.01. The van der Waals surface area contributed by atoms with Crippen molar-refractivity contribution in [3.05, 3.63) is 53.8 Å². The van der Waals surface area contributed by atoms with Crippen LogP contribution in [0.25, 0.3) is 10.8 Å². The summed E-state index contributed by atoms with van der Waals surface area (Å²) < 4.78 is 15.9. The molecule has 2 aromatic carbocycles. The van der Waals surface area contributed by atoms with Gasteiger partial charge in [-0.15, -0.1) is 0 Å². The zero-order valence-corrected chi connectivity index (χ0v) is 21.6. The second kappa shape index (κ2) is 13.6. The van der Waals surface area contributed by atoms with E-state index in [0.29, 0.717) is 10.8 Å². The summed E-state index contributed by atoms with van der Waals surface area (Å²) >= 11 is 0. The molecule has 3 rings (SSSR count). The maximum atomic E-state index is 12.7. The minimum Gasteiger partial charge on any atom is -0.871 e. The smallest absolute Gasteiger partial charge is 0.373 e. The van der Waals surface area contributed by atoms with E-state index in [1.807, 2.05) is 0 Å². The number of esters is 2. The molecule has 0 radical (unpaired) electrons. The minimum absolute atomic E-state index is 0.0849. The van der Waals surface area contributed by atoms with Crippen LogP contribution in [0.2, 0.25) is 0 Å². The molecule has 1 aliphatic rings. The Labute approximate surface area is 228 Å². The molecular weight excluding hydrogens is 528 g/mol. The first-order valence-electron chi connectivity index (χ1n) is 12.3. The van der Waals surface area contributed by atoms with Gasteiger partial charge in [0.2, 0.25) is 11.7 Å². The molecule has 1 aliphatic heterocycles. The van der Waals surface area contributed by atoms with Crippen molar-refractivity contribution >= 4 is 34.6 Å². The first kappa shape index (κ1) is 30.1. The van der Waals surface area contributed by atoms with E-state index in [2.05, 4.69) is 10.3 Å². The Morgan fingerprint density at radius 1 is 1.10 bits per heavy atom. The summed E-state index contributed by atoms with van der Waals surface area (Å²) in [7, 11) is 0. The Kier molecular flexibility index (Phi) is 10.2. The molecule has 14 heteroatoms. The zero-order chi connectivity index (χ0) is 29.4. The van der Waals surface area contributed by atoms with Crippen molar-refractivity contribution < 1.29 is 54.0 Å². The van der Waals surface area contributed by atoms with E-state index < -0.39 is 66.4 Å². The Morgan fingerprint density at radius 2 is 1.77 bits per heavy atom. The summed E-state index contributed by atoms with van der Waals surface area (Å²) in [5.41, 5.74) is 11.0. The van der Waals surface area contributed by atoms with E-state index in [0.717, 1.165) is 0 Å². The lowest BCUT2D eigenvalue weighted by molar-refractivity contribution is -0.500. The average molecular weight is 561 g/mol. The summed E-state index contributed by atoms with van der Waals surface area (Å²) in [5.74, 6) is -3.41. The van der Waals surface area contributed by atoms with Crippen molar-refractivity contribution in [1.82, 2.24) is 5.32 Å². The molecule has 14 nitrogen and oxygen atoms in total. The molecule has 0 aromatic heterocycles. The SMILES string of the molecule is CC(=O)N[C@H]1[C@H]([C@H](O)[C@H](O)CO)OC(C(=O)OCCCOC(=O)c2ccc3ccccc3c2[O-])=C[C@@H]1[NH+]=C(N)N. The van der Waals surface area contributed by atoms with Crippen molar-refractivity contribution in [3.63, 3.8) is 0 Å². The number of nitrogens with two attached hydrogens (primary N) is 2. The maximum absolute atomic E-state index is 12.7. The molecule has 5 atom stereocenters. The number of carbonyl (C=O) groups excluding carboxylic acids is 3. The molecule has 0 saturated heterocycles. The number of guanidine groups is 1. The van der Waals surface area contributed by atoms with Gasteiger partial charge < -0.3 is 40.0 Å². The predicted molar refractivity (Wildman–Crippen MR) is 137 cm³/mol. The van der Waals surface area contributed by atoms with E-state index in [9.17, 15) is 34.8 Å². The monoisotopic (exact) mass is 560 g/mol. The highest BCUT2D eigenvalue weighted by Gasteiger charge is 2.44. The van der Waals surface area contributed by atoms with Crippen LogP contribution in [0.3, 0.4) is 0 Å². The molecule has 0 unspecified atom stereocenters. The summed E-state index contributed by atoms with van der Waals surface area (Å²) in [6, 6.07) is 7.84. The second-order valence-corrected chi connectivity index (χ2v) is 8.99. The van der Waals surface area contributed by atoms with Gasteiger partial charge in [0.25, 0.3) is 0 Å². The van der Waals surface area contributed by atoms with Gasteiger partial charge in [-0.3, -0.25) is 21.3 Å². The largest absolute Gasteiger partial charge is 0.871 e. The van der Waals surface area contributed by atoms with Crippen LogP contribution in [-0.4, -0.2) is 89.3 Å². The van der Waals surface area contributed by atoms with Crippen LogP contribution in [0.1, 0.15) is 23.7 Å². The first-order chi connectivity index (χ1) is 19.0. The molecule has 0 fully saturated rings. The van der Waals surface area contributed by atoms with Gasteiger partial charge in [0.05, 0.1) is 25.4 Å². The van der Waals surface area contributed by atoms with Crippen LogP contribution < -0.4 is 26.9 Å². The lowest BCUT2D eigenvalue weighted by Gasteiger charge is -2.38. The molecule has 2 aromatic rings. The number of nitrogens with one attached hydrogen (secondary N) is 2. The van der Waals surface area contributed by atoms with Crippen molar-refractivity contribution in [3.8, 4) is 5.75 Å². The molecular formula is C26H32N4O10. The molecule has 9 N–H and O–H groups in total. The highest BCUT2D eigenvalue weighted by Crippen LogP contribution is 2.27. The summed E-state index contributed by atoms with van der Waals surface area (Å²) in [4.78, 5) is 39.5. The number of hydrogen-bond donors (Lipinski definition) is 7. The van der Waals surface area contributed by atoms with E-state index in [1.165, 1.54) is 19.1 Å². The highest BCUT2D eigenvalue weighted by atomic mass is 16.6. The third kappa shape index (κ3) is 7.37. The quantitative estimate of drug-likeness (QED) is 0.0606. The fraction of sp³-hybridized carbons (Fsp3) is 0.385. The fourth-order valence-electron chi connectivity index (χ4n) is 4.13. The highest BCUT2D eigenvalue weighted by molar-refractivity contribution is 6.00. The number of aliphatic hydroxyl groups is 3. The van der Waals surface area contributed by atoms with Crippen molar-refractivity contribution in [2.24, 2.45) is 11.5 Å². The third-order valence-electron chi connectivity index (χ3n) is 6.01. The lowest BCUT2D eigenvalue weighted by Crippen LogP contribution is -2.89. The van der Waals surface area contributed by atoms with Crippen LogP contribution in [0, 0.1) is 0 Å². The van der Waals surface area contributed by atoms with Crippen LogP contribution in [0.5, 0.6) is 5.75 Å². The number of benzene rings is 2. The Morgan fingerprint density at radius 3 is 2.42 bits per heavy atom. The predicted octanol–water partition coefficient (Wildman–Crippen LogP) is -3.77. The van der Waals surface area contributed by atoms with E-state index in [-0.39, 0.29) is 31.2 Å². The average Bonchev–Trinajstić information content (AvgIpc) is 2.92. The Bertz CT molecular complexity index is 1290. The Hall–Kier alpha value is -4.40. The van der Waals surface area contributed by atoms with Gasteiger partial charge in [-0.25, -0.2) is 9.59 Å². The van der Waals surface area contributed by atoms with Crippen LogP contribution in [0.15, 0.2) is 48.2 Å². The Balaban J connectivity index is 1.62. The number of rotatable bonds is 11. The fourth-order valence-corrected chi connectivity index (χ4v) is 4.13. The second-order valence-electron chi connectivity index (χ2n) is 8.99. The number of amides is 1. The van der Waals surface area contributed by atoms with Crippen LogP contribution >= 0.6 is 0 Å². The topological polar surface area (TPSA) is 241 Å². The van der Waals surface area contributed by atoms with Crippen molar-refractivity contribution in [1.29, 1.82) is 0 Å². The molecule has 1 amide bonds. The van der Waals surface area contributed by atoms with E-state index >= 15 is 0 Å². The molecule has 0 spiro atoms. The summed E-state index contributed by atoms with van der Waals surface area (Å²) in [6.07, 6.45) is -3.50. The standard InChI is InChI=1S/C26H32N4O10/c1-13(32)29-20-17(30-26(27)28)11-19(40-23(20)22(35)18(33)12-31)25(37)39-10-4-9-38-24(36)16-8-7-14-5-2-3-6-15(14)21(16)34/h2-3,5-8,11,17-18,20,22-23,31,33-35H,4,9-10,12H2,1H3,(H,29,32)(H4,27,28,30)/t17-,18+,20+,22+,23+/m0/s1. The van der Waals surface area contributed by atoms with Crippen LogP contribution in [-0.2, 0) is 23.8 Å². The molecule has 0 bridgehead atoms. The number of fused-ring (bicyclic) bond motifs is 1. The summed E-state index contributed by atoms with van der Waals surface area (Å²) in [6.45, 7) is 0.0123. The van der Waals surface area contributed by atoms with Gasteiger partial charge in [0.15, 0.2) is 6.10 Å². The van der Waals surface area contributed by atoms with Crippen molar-refractivity contribution in [2.45, 2.75) is 43.7 Å².